The summed E-state index contributed by atoms with van der Waals surface area (Å²) in [5.74, 6) is 0.599. The molecular formula is C22H18ClI2N3O2. The highest BCUT2D eigenvalue weighted by atomic mass is 127. The summed E-state index contributed by atoms with van der Waals surface area (Å²) in [6.45, 7) is 0.606. The van der Waals surface area contributed by atoms with E-state index in [1.807, 2.05) is 66.7 Å². The molecule has 0 aliphatic rings. The van der Waals surface area contributed by atoms with Gasteiger partial charge >= 0.3 is 0 Å². The zero-order chi connectivity index (χ0) is 21.3. The first kappa shape index (κ1) is 22.8. The average molecular weight is 646 g/mol. The predicted molar refractivity (Wildman–Crippen MR) is 138 cm³/mol. The van der Waals surface area contributed by atoms with Gasteiger partial charge in [-0.1, -0.05) is 41.9 Å². The monoisotopic (exact) mass is 645 g/mol. The Balaban J connectivity index is 1.53. The number of hydrazone groups is 1. The van der Waals surface area contributed by atoms with E-state index in [0.717, 1.165) is 29.7 Å². The molecule has 154 valence electrons. The number of rotatable bonds is 8. The van der Waals surface area contributed by atoms with Crippen LogP contribution in [0.5, 0.6) is 5.75 Å². The van der Waals surface area contributed by atoms with E-state index in [9.17, 15) is 4.79 Å². The van der Waals surface area contributed by atoms with Crippen LogP contribution in [0.2, 0.25) is 5.02 Å². The summed E-state index contributed by atoms with van der Waals surface area (Å²) in [5.41, 5.74) is 5.33. The molecule has 0 aliphatic heterocycles. The molecule has 30 heavy (non-hydrogen) atoms. The summed E-state index contributed by atoms with van der Waals surface area (Å²) < 4.78 is 7.91. The number of hydrogen-bond donors (Lipinski definition) is 2. The number of amides is 1. The van der Waals surface area contributed by atoms with Crippen LogP contribution < -0.4 is 15.5 Å². The summed E-state index contributed by atoms with van der Waals surface area (Å²) >= 11 is 10.4. The molecule has 0 aliphatic carbocycles. The fraction of sp³-hybridized carbons (Fsp3) is 0.0909. The van der Waals surface area contributed by atoms with Crippen molar-refractivity contribution in [2.45, 2.75) is 6.61 Å². The molecule has 0 saturated carbocycles. The van der Waals surface area contributed by atoms with E-state index in [-0.39, 0.29) is 12.5 Å². The molecule has 0 saturated heterocycles. The van der Waals surface area contributed by atoms with E-state index in [4.69, 9.17) is 16.3 Å². The second kappa shape index (κ2) is 11.5. The van der Waals surface area contributed by atoms with Gasteiger partial charge in [0, 0.05) is 10.7 Å². The van der Waals surface area contributed by atoms with Gasteiger partial charge < -0.3 is 10.1 Å². The molecule has 5 nitrogen and oxygen atoms in total. The van der Waals surface area contributed by atoms with E-state index < -0.39 is 0 Å². The maximum atomic E-state index is 11.9. The molecule has 0 atom stereocenters. The van der Waals surface area contributed by atoms with Crippen molar-refractivity contribution in [2.24, 2.45) is 5.10 Å². The number of carbonyl (C=O) groups is 1. The number of anilines is 1. The summed E-state index contributed by atoms with van der Waals surface area (Å²) in [6, 6.07) is 21.0. The highest BCUT2D eigenvalue weighted by Gasteiger charge is 2.09. The Labute approximate surface area is 207 Å². The Hall–Kier alpha value is -1.85. The van der Waals surface area contributed by atoms with Crippen molar-refractivity contribution in [1.82, 2.24) is 5.43 Å². The molecule has 1 amide bonds. The summed E-state index contributed by atoms with van der Waals surface area (Å²) in [5, 5.41) is 7.78. The number of halogens is 3. The summed E-state index contributed by atoms with van der Waals surface area (Å²) in [7, 11) is 0. The smallest absolute Gasteiger partial charge is 0.259 e. The molecule has 3 aromatic carbocycles. The lowest BCUT2D eigenvalue weighted by molar-refractivity contribution is -0.119. The highest BCUT2D eigenvalue weighted by molar-refractivity contribution is 14.1. The number of nitrogens with one attached hydrogen (secondary N) is 2. The molecule has 3 rings (SSSR count). The minimum absolute atomic E-state index is 0.147. The van der Waals surface area contributed by atoms with Crippen molar-refractivity contribution in [1.29, 1.82) is 0 Å². The van der Waals surface area contributed by atoms with Crippen LogP contribution >= 0.6 is 56.8 Å². The fourth-order valence-electron chi connectivity index (χ4n) is 2.48. The third-order valence-electron chi connectivity index (χ3n) is 3.95. The van der Waals surface area contributed by atoms with Crippen molar-refractivity contribution >= 4 is 74.6 Å². The SMILES string of the molecule is O=C(CNc1ccccc1)N/N=C\c1cc(I)c(OCc2ccc(Cl)cc2)c(I)c1. The van der Waals surface area contributed by atoms with Crippen LogP contribution in [0.4, 0.5) is 5.69 Å². The minimum Gasteiger partial charge on any atom is -0.487 e. The van der Waals surface area contributed by atoms with E-state index in [1.165, 1.54) is 0 Å². The van der Waals surface area contributed by atoms with E-state index >= 15 is 0 Å². The molecule has 0 aromatic heterocycles. The lowest BCUT2D eigenvalue weighted by atomic mass is 10.2. The van der Waals surface area contributed by atoms with E-state index in [1.54, 1.807) is 6.21 Å². The zero-order valence-electron chi connectivity index (χ0n) is 15.7. The summed E-state index contributed by atoms with van der Waals surface area (Å²) in [4.78, 5) is 11.9. The largest absolute Gasteiger partial charge is 0.487 e. The topological polar surface area (TPSA) is 62.7 Å². The first-order valence-corrected chi connectivity index (χ1v) is 11.5. The van der Waals surface area contributed by atoms with Crippen molar-refractivity contribution in [2.75, 3.05) is 11.9 Å². The van der Waals surface area contributed by atoms with Crippen LogP contribution in [0.1, 0.15) is 11.1 Å². The maximum absolute atomic E-state index is 11.9. The lowest BCUT2D eigenvalue weighted by Crippen LogP contribution is -2.25. The Morgan fingerprint density at radius 2 is 1.70 bits per heavy atom. The number of benzene rings is 3. The second-order valence-electron chi connectivity index (χ2n) is 6.24. The Morgan fingerprint density at radius 3 is 2.37 bits per heavy atom. The minimum atomic E-state index is -0.220. The van der Waals surface area contributed by atoms with Crippen molar-refractivity contribution in [3.63, 3.8) is 0 Å². The number of hydrogen-bond acceptors (Lipinski definition) is 4. The Morgan fingerprint density at radius 1 is 1.03 bits per heavy atom. The van der Waals surface area contributed by atoms with Crippen molar-refractivity contribution < 1.29 is 9.53 Å². The molecule has 2 N–H and O–H groups in total. The Bertz CT molecular complexity index is 1010. The normalized spacial score (nSPS) is 10.8. The van der Waals surface area contributed by atoms with Gasteiger partial charge in [0.2, 0.25) is 0 Å². The molecule has 0 heterocycles. The molecule has 8 heteroatoms. The number of nitrogens with zero attached hydrogens (tertiary/aromatic N) is 1. The number of ether oxygens (including phenoxy) is 1. The predicted octanol–water partition coefficient (Wildman–Crippen LogP) is 5.69. The van der Waals surface area contributed by atoms with Crippen LogP contribution in [-0.4, -0.2) is 18.7 Å². The first-order chi connectivity index (χ1) is 14.5. The number of para-hydroxylation sites is 1. The molecule has 0 fully saturated rings. The Kier molecular flexibility index (Phi) is 8.76. The first-order valence-electron chi connectivity index (χ1n) is 8.98. The summed E-state index contributed by atoms with van der Waals surface area (Å²) in [6.07, 6.45) is 1.62. The quantitative estimate of drug-likeness (QED) is 0.188. The molecule has 0 bridgehead atoms. The van der Waals surface area contributed by atoms with Gasteiger partial charge in [-0.15, -0.1) is 0 Å². The molecule has 0 spiro atoms. The van der Waals surface area contributed by atoms with Crippen molar-refractivity contribution in [3.8, 4) is 5.75 Å². The van der Waals surface area contributed by atoms with Gasteiger partial charge in [0.1, 0.15) is 12.4 Å². The standard InChI is InChI=1S/C22H18ClI2N3O2/c23-17-8-6-15(7-9-17)14-30-22-19(24)10-16(11-20(22)25)12-27-28-21(29)13-26-18-4-2-1-3-5-18/h1-12,26H,13-14H2,(H,28,29)/b27-12-. The van der Waals surface area contributed by atoms with Gasteiger partial charge in [-0.05, 0) is 92.7 Å². The third-order valence-corrected chi connectivity index (χ3v) is 5.80. The van der Waals surface area contributed by atoms with Gasteiger partial charge in [0.05, 0.1) is 19.9 Å². The lowest BCUT2D eigenvalue weighted by Gasteiger charge is -2.11. The molecule has 0 unspecified atom stereocenters. The highest BCUT2D eigenvalue weighted by Crippen LogP contribution is 2.29. The van der Waals surface area contributed by atoms with Gasteiger partial charge in [0.15, 0.2) is 0 Å². The maximum Gasteiger partial charge on any atom is 0.259 e. The van der Waals surface area contributed by atoms with Crippen molar-refractivity contribution in [3.05, 3.63) is 90.0 Å². The molecule has 3 aromatic rings. The van der Waals surface area contributed by atoms with Crippen LogP contribution in [-0.2, 0) is 11.4 Å². The van der Waals surface area contributed by atoms with E-state index in [0.29, 0.717) is 11.6 Å². The van der Waals surface area contributed by atoms with Gasteiger partial charge in [-0.3, -0.25) is 4.79 Å². The van der Waals surface area contributed by atoms with Crippen LogP contribution in [0.25, 0.3) is 0 Å². The fourth-order valence-corrected chi connectivity index (χ4v) is 4.74. The number of carbonyl (C=O) groups excluding carboxylic acids is 1. The van der Waals surface area contributed by atoms with Crippen LogP contribution in [0, 0.1) is 7.14 Å². The average Bonchev–Trinajstić information content (AvgIpc) is 2.74. The molecule has 0 radical (unpaired) electrons. The van der Waals surface area contributed by atoms with E-state index in [2.05, 4.69) is 61.0 Å². The van der Waals surface area contributed by atoms with Gasteiger partial charge in [-0.2, -0.15) is 5.10 Å². The second-order valence-corrected chi connectivity index (χ2v) is 9.00. The van der Waals surface area contributed by atoms with Gasteiger partial charge in [0.25, 0.3) is 5.91 Å². The molecular weight excluding hydrogens is 628 g/mol. The third kappa shape index (κ3) is 7.13. The zero-order valence-corrected chi connectivity index (χ0v) is 20.8. The van der Waals surface area contributed by atoms with Crippen LogP contribution in [0.3, 0.4) is 0 Å². The van der Waals surface area contributed by atoms with Crippen LogP contribution in [0.15, 0.2) is 71.8 Å². The van der Waals surface area contributed by atoms with Gasteiger partial charge in [-0.25, -0.2) is 5.43 Å².